The molecule has 4 nitrogen and oxygen atoms in total. The number of aromatic nitrogens is 2. The molecular weight excluding hydrogens is 352 g/mol. The second kappa shape index (κ2) is 10.00. The molecule has 0 amide bonds. The third kappa shape index (κ3) is 7.81. The highest BCUT2D eigenvalue weighted by molar-refractivity contribution is 7.82. The first kappa shape index (κ1) is 21.6. The maximum absolute atomic E-state index is 4.69. The van der Waals surface area contributed by atoms with E-state index in [4.69, 9.17) is 4.99 Å². The van der Waals surface area contributed by atoms with Gasteiger partial charge < -0.3 is 0 Å². The molecule has 0 N–H and O–H groups in total. The fourth-order valence-corrected chi connectivity index (χ4v) is 2.85. The Hall–Kier alpha value is -1.72. The summed E-state index contributed by atoms with van der Waals surface area (Å²) in [6.45, 7) is 13.7. The summed E-state index contributed by atoms with van der Waals surface area (Å²) in [5, 5.41) is 0. The van der Waals surface area contributed by atoms with Gasteiger partial charge in [0.15, 0.2) is 0 Å². The maximum Gasteiger partial charge on any atom is 0.0547 e. The molecule has 0 aromatic carbocycles. The van der Waals surface area contributed by atoms with E-state index < -0.39 is 0 Å². The predicted octanol–water partition coefficient (Wildman–Crippen LogP) is 4.66. The fourth-order valence-electron chi connectivity index (χ4n) is 2.78. The smallest absolute Gasteiger partial charge is 0.0547 e. The minimum atomic E-state index is -0.156. The van der Waals surface area contributed by atoms with Gasteiger partial charge in [0.25, 0.3) is 0 Å². The maximum atomic E-state index is 4.69. The van der Waals surface area contributed by atoms with Crippen molar-refractivity contribution in [2.45, 2.75) is 58.9 Å². The predicted molar refractivity (Wildman–Crippen MR) is 118 cm³/mol. The number of rotatable bonds is 9. The highest BCUT2D eigenvalue weighted by Crippen LogP contribution is 2.14. The minimum absolute atomic E-state index is 0.156. The number of aryl methyl sites for hydroxylation is 2. The summed E-state index contributed by atoms with van der Waals surface area (Å²) >= 11 is 4.59. The van der Waals surface area contributed by atoms with Crippen LogP contribution in [0.3, 0.4) is 0 Å². The summed E-state index contributed by atoms with van der Waals surface area (Å²) in [5.74, 6) is 0. The van der Waals surface area contributed by atoms with Gasteiger partial charge in [0, 0.05) is 48.0 Å². The molecule has 27 heavy (non-hydrogen) atoms. The molecule has 0 atom stereocenters. The Balaban J connectivity index is 2.02. The Morgan fingerprint density at radius 3 is 1.96 bits per heavy atom. The normalized spacial score (nSPS) is 12.6. The third-order valence-corrected chi connectivity index (χ3v) is 4.85. The zero-order valence-electron chi connectivity index (χ0n) is 17.2. The van der Waals surface area contributed by atoms with Gasteiger partial charge in [-0.2, -0.15) is 12.6 Å². The molecule has 2 heterocycles. The molecule has 0 unspecified atom stereocenters. The van der Waals surface area contributed by atoms with Crippen molar-refractivity contribution in [3.8, 4) is 0 Å². The molecule has 2 aromatic rings. The number of aliphatic imine (C=N–C) groups is 1. The molecule has 0 saturated heterocycles. The van der Waals surface area contributed by atoms with Crippen LogP contribution in [0.25, 0.3) is 0 Å². The van der Waals surface area contributed by atoms with Gasteiger partial charge in [0.05, 0.1) is 11.4 Å². The number of hydrogen-bond donors (Lipinski definition) is 1. The van der Waals surface area contributed by atoms with E-state index in [1.807, 2.05) is 26.0 Å². The second-order valence-corrected chi connectivity index (χ2v) is 8.75. The first-order valence-electron chi connectivity index (χ1n) is 9.55. The van der Waals surface area contributed by atoms with Crippen LogP contribution in [0.1, 0.15) is 50.0 Å². The van der Waals surface area contributed by atoms with E-state index in [0.29, 0.717) is 0 Å². The first-order valence-corrected chi connectivity index (χ1v) is 10.00. The summed E-state index contributed by atoms with van der Waals surface area (Å²) in [5.41, 5.74) is 5.38. The lowest BCUT2D eigenvalue weighted by molar-refractivity contribution is 0.249. The van der Waals surface area contributed by atoms with Crippen molar-refractivity contribution in [2.24, 2.45) is 4.99 Å². The Morgan fingerprint density at radius 2 is 1.52 bits per heavy atom. The molecule has 0 fully saturated rings. The average molecular weight is 385 g/mol. The third-order valence-electron chi connectivity index (χ3n) is 4.53. The van der Waals surface area contributed by atoms with Crippen molar-refractivity contribution < 1.29 is 0 Å². The van der Waals surface area contributed by atoms with Crippen LogP contribution < -0.4 is 0 Å². The molecule has 0 bridgehead atoms. The van der Waals surface area contributed by atoms with Crippen molar-refractivity contribution in [1.82, 2.24) is 14.9 Å². The van der Waals surface area contributed by atoms with Gasteiger partial charge in [-0.15, -0.1) is 0 Å². The molecule has 0 radical (unpaired) electrons. The van der Waals surface area contributed by atoms with Crippen molar-refractivity contribution >= 4 is 18.3 Å². The molecule has 0 aliphatic rings. The van der Waals surface area contributed by atoms with E-state index in [1.165, 1.54) is 0 Å². The molecule has 0 aliphatic carbocycles. The molecule has 2 rings (SSSR count). The lowest BCUT2D eigenvalue weighted by Gasteiger charge is -2.22. The van der Waals surface area contributed by atoms with Gasteiger partial charge >= 0.3 is 0 Å². The molecule has 5 heteroatoms. The van der Waals surface area contributed by atoms with E-state index in [9.17, 15) is 0 Å². The Bertz CT molecular complexity index is 717. The number of nitrogens with zero attached hydrogens (tertiary/aromatic N) is 4. The molecule has 0 saturated carbocycles. The average Bonchev–Trinajstić information content (AvgIpc) is 2.57. The molecule has 146 valence electrons. The largest absolute Gasteiger partial charge is 0.293 e. The summed E-state index contributed by atoms with van der Waals surface area (Å²) in [4.78, 5) is 16.4. The summed E-state index contributed by atoms with van der Waals surface area (Å²) in [7, 11) is 0. The van der Waals surface area contributed by atoms with Crippen molar-refractivity contribution in [2.75, 3.05) is 13.1 Å². The second-order valence-electron chi connectivity index (χ2n) is 7.63. The standard InChI is InChI=1S/C22H32N4S/c1-17-9-6-11-20(24-17)15-26(16-21-12-7-10-18(2)25-21)14-8-13-23-19(3)22(4,5)27/h6-7,9-12,27H,8,13-16H2,1-5H3. The minimum Gasteiger partial charge on any atom is -0.293 e. The van der Waals surface area contributed by atoms with Gasteiger partial charge in [0.1, 0.15) is 0 Å². The SMILES string of the molecule is CC(=NCCCN(Cc1cccc(C)n1)Cc1cccc(C)n1)C(C)(C)S. The van der Waals surface area contributed by atoms with Gasteiger partial charge in [-0.1, -0.05) is 12.1 Å². The van der Waals surface area contributed by atoms with Crippen molar-refractivity contribution in [3.05, 3.63) is 59.2 Å². The highest BCUT2D eigenvalue weighted by Gasteiger charge is 2.15. The number of hydrogen-bond acceptors (Lipinski definition) is 5. The van der Waals surface area contributed by atoms with Crippen LogP contribution in [-0.4, -0.2) is 38.4 Å². The van der Waals surface area contributed by atoms with Crippen LogP contribution in [0.5, 0.6) is 0 Å². The van der Waals surface area contributed by atoms with Crippen LogP contribution in [-0.2, 0) is 13.1 Å². The summed E-state index contributed by atoms with van der Waals surface area (Å²) < 4.78 is -0.156. The van der Waals surface area contributed by atoms with Gasteiger partial charge in [0.2, 0.25) is 0 Å². The Kier molecular flexibility index (Phi) is 7.99. The summed E-state index contributed by atoms with van der Waals surface area (Å²) in [6.07, 6.45) is 0.999. The summed E-state index contributed by atoms with van der Waals surface area (Å²) in [6, 6.07) is 12.4. The van der Waals surface area contributed by atoms with E-state index in [2.05, 4.69) is 72.5 Å². The van der Waals surface area contributed by atoms with Crippen LogP contribution >= 0.6 is 12.6 Å². The van der Waals surface area contributed by atoms with Gasteiger partial charge in [-0.3, -0.25) is 19.9 Å². The Labute approximate surface area is 169 Å². The zero-order chi connectivity index (χ0) is 19.9. The Morgan fingerprint density at radius 1 is 1.00 bits per heavy atom. The molecular formula is C22H32N4S. The van der Waals surface area contributed by atoms with Crippen molar-refractivity contribution in [3.63, 3.8) is 0 Å². The highest BCUT2D eigenvalue weighted by atomic mass is 32.1. The van der Waals surface area contributed by atoms with Crippen molar-refractivity contribution in [1.29, 1.82) is 0 Å². The number of thiol groups is 1. The first-order chi connectivity index (χ1) is 12.7. The zero-order valence-corrected chi connectivity index (χ0v) is 18.1. The van der Waals surface area contributed by atoms with E-state index in [1.54, 1.807) is 0 Å². The van der Waals surface area contributed by atoms with Gasteiger partial charge in [-0.25, -0.2) is 0 Å². The monoisotopic (exact) mass is 384 g/mol. The van der Waals surface area contributed by atoms with Crippen LogP contribution in [0.2, 0.25) is 0 Å². The van der Waals surface area contributed by atoms with E-state index in [-0.39, 0.29) is 4.75 Å². The number of pyridine rings is 2. The molecule has 0 spiro atoms. The van der Waals surface area contributed by atoms with Crippen LogP contribution in [0.4, 0.5) is 0 Å². The topological polar surface area (TPSA) is 41.4 Å². The molecule has 0 aliphatic heterocycles. The van der Waals surface area contributed by atoms with Crippen LogP contribution in [0.15, 0.2) is 41.4 Å². The molecule has 2 aromatic heterocycles. The fraction of sp³-hybridized carbons (Fsp3) is 0.500. The van der Waals surface area contributed by atoms with E-state index in [0.717, 1.165) is 61.1 Å². The quantitative estimate of drug-likeness (QED) is 0.388. The lowest BCUT2D eigenvalue weighted by atomic mass is 10.1. The lowest BCUT2D eigenvalue weighted by Crippen LogP contribution is -2.26. The van der Waals surface area contributed by atoms with Gasteiger partial charge in [-0.05, 0) is 65.3 Å². The van der Waals surface area contributed by atoms with Crippen LogP contribution in [0, 0.1) is 13.8 Å². The van der Waals surface area contributed by atoms with E-state index >= 15 is 0 Å².